The maximum absolute atomic E-state index is 6.00. The molecule has 15 heavy (non-hydrogen) atoms. The molecule has 0 bridgehead atoms. The first-order valence-electron chi connectivity index (χ1n) is 4.87. The molecule has 0 amide bonds. The number of aromatic nitrogens is 1. The van der Waals surface area contributed by atoms with Crippen LogP contribution in [0.3, 0.4) is 0 Å². The summed E-state index contributed by atoms with van der Waals surface area (Å²) in [6.45, 7) is 4.10. The zero-order chi connectivity index (χ0) is 10.8. The van der Waals surface area contributed by atoms with Gasteiger partial charge in [-0.2, -0.15) is 0 Å². The van der Waals surface area contributed by atoms with Crippen molar-refractivity contribution in [3.05, 3.63) is 52.8 Å². The third-order valence-electron chi connectivity index (χ3n) is 2.58. The maximum Gasteiger partial charge on any atom is 0.132 e. The molecule has 1 aromatic carbocycles. The van der Waals surface area contributed by atoms with Gasteiger partial charge in [0.05, 0.1) is 0 Å². The highest BCUT2D eigenvalue weighted by atomic mass is 35.5. The van der Waals surface area contributed by atoms with Crippen LogP contribution in [-0.4, -0.2) is 4.98 Å². The Morgan fingerprint density at radius 2 is 1.73 bits per heavy atom. The molecule has 0 saturated carbocycles. The second kappa shape index (κ2) is 4.03. The van der Waals surface area contributed by atoms with Gasteiger partial charge < -0.3 is 0 Å². The minimum atomic E-state index is 0.579. The van der Waals surface area contributed by atoms with Crippen molar-refractivity contribution < 1.29 is 0 Å². The van der Waals surface area contributed by atoms with Crippen molar-refractivity contribution >= 4 is 11.6 Å². The molecule has 0 saturated heterocycles. The summed E-state index contributed by atoms with van der Waals surface area (Å²) in [5, 5.41) is 0.579. The number of aryl methyl sites for hydroxylation is 1. The maximum atomic E-state index is 6.00. The Labute approximate surface area is 94.7 Å². The van der Waals surface area contributed by atoms with Gasteiger partial charge in [-0.15, -0.1) is 0 Å². The monoisotopic (exact) mass is 217 g/mol. The Morgan fingerprint density at radius 1 is 1.00 bits per heavy atom. The zero-order valence-corrected chi connectivity index (χ0v) is 9.55. The lowest BCUT2D eigenvalue weighted by molar-refractivity contribution is 1.26. The molecule has 1 nitrogen and oxygen atoms in total. The predicted octanol–water partition coefficient (Wildman–Crippen LogP) is 4.02. The van der Waals surface area contributed by atoms with Gasteiger partial charge in [-0.3, -0.25) is 0 Å². The Kier molecular flexibility index (Phi) is 2.74. The van der Waals surface area contributed by atoms with E-state index in [0.29, 0.717) is 5.15 Å². The molecule has 1 heterocycles. The van der Waals surface area contributed by atoms with Crippen molar-refractivity contribution in [1.29, 1.82) is 0 Å². The van der Waals surface area contributed by atoms with Crippen molar-refractivity contribution in [2.45, 2.75) is 13.8 Å². The number of halogens is 1. The molecule has 0 radical (unpaired) electrons. The molecule has 0 atom stereocenters. The molecule has 0 fully saturated rings. The lowest BCUT2D eigenvalue weighted by atomic mass is 9.98. The van der Waals surface area contributed by atoms with Crippen molar-refractivity contribution in [1.82, 2.24) is 4.98 Å². The smallest absolute Gasteiger partial charge is 0.132 e. The van der Waals surface area contributed by atoms with Crippen LogP contribution in [0.5, 0.6) is 0 Å². The molecule has 0 aliphatic rings. The van der Waals surface area contributed by atoms with Gasteiger partial charge in [0.1, 0.15) is 5.15 Å². The number of pyridine rings is 1. The molecule has 0 N–H and O–H groups in total. The normalized spacial score (nSPS) is 10.3. The standard InChI is InChI=1S/C13H12ClN/c1-9-5-3-4-6-11(9)12-7-8-15-13(14)10(12)2/h3-8H,1-2H3. The molecule has 0 unspecified atom stereocenters. The van der Waals surface area contributed by atoms with E-state index in [2.05, 4.69) is 24.0 Å². The number of nitrogens with zero attached hydrogens (tertiary/aromatic N) is 1. The molecule has 1 aromatic heterocycles. The average Bonchev–Trinajstić information content (AvgIpc) is 2.23. The highest BCUT2D eigenvalue weighted by Gasteiger charge is 2.06. The summed E-state index contributed by atoms with van der Waals surface area (Å²) < 4.78 is 0. The van der Waals surface area contributed by atoms with Crippen LogP contribution in [0.25, 0.3) is 11.1 Å². The van der Waals surface area contributed by atoms with Crippen LogP contribution in [0.15, 0.2) is 36.5 Å². The molecule has 76 valence electrons. The second-order valence-electron chi connectivity index (χ2n) is 3.59. The second-order valence-corrected chi connectivity index (χ2v) is 3.95. The van der Waals surface area contributed by atoms with E-state index in [1.54, 1.807) is 6.20 Å². The fourth-order valence-corrected chi connectivity index (χ4v) is 1.84. The predicted molar refractivity (Wildman–Crippen MR) is 64.2 cm³/mol. The molecule has 2 rings (SSSR count). The molecule has 0 aliphatic heterocycles. The summed E-state index contributed by atoms with van der Waals surface area (Å²) in [4.78, 5) is 4.06. The van der Waals surface area contributed by atoms with Gasteiger partial charge in [0.2, 0.25) is 0 Å². The summed E-state index contributed by atoms with van der Waals surface area (Å²) >= 11 is 6.00. The number of rotatable bonds is 1. The van der Waals surface area contributed by atoms with Crippen LogP contribution in [0.4, 0.5) is 0 Å². The highest BCUT2D eigenvalue weighted by molar-refractivity contribution is 6.30. The van der Waals surface area contributed by atoms with Gasteiger partial charge in [0.15, 0.2) is 0 Å². The first-order chi connectivity index (χ1) is 7.20. The third-order valence-corrected chi connectivity index (χ3v) is 2.96. The number of hydrogen-bond acceptors (Lipinski definition) is 1. The van der Waals surface area contributed by atoms with Crippen LogP contribution in [0.1, 0.15) is 11.1 Å². The van der Waals surface area contributed by atoms with E-state index in [1.807, 2.05) is 25.1 Å². The summed E-state index contributed by atoms with van der Waals surface area (Å²) in [6, 6.07) is 10.3. The Morgan fingerprint density at radius 3 is 2.47 bits per heavy atom. The van der Waals surface area contributed by atoms with Crippen LogP contribution >= 0.6 is 11.6 Å². The van der Waals surface area contributed by atoms with Crippen LogP contribution in [0, 0.1) is 13.8 Å². The van der Waals surface area contributed by atoms with E-state index in [1.165, 1.54) is 11.1 Å². The Bertz CT molecular complexity index is 492. The topological polar surface area (TPSA) is 12.9 Å². The molecule has 0 spiro atoms. The summed E-state index contributed by atoms with van der Waals surface area (Å²) in [5.41, 5.74) is 4.67. The van der Waals surface area contributed by atoms with E-state index in [0.717, 1.165) is 11.1 Å². The van der Waals surface area contributed by atoms with E-state index >= 15 is 0 Å². The van der Waals surface area contributed by atoms with Gasteiger partial charge in [-0.1, -0.05) is 35.9 Å². The quantitative estimate of drug-likeness (QED) is 0.658. The van der Waals surface area contributed by atoms with Gasteiger partial charge in [0, 0.05) is 6.20 Å². The van der Waals surface area contributed by atoms with Crippen LogP contribution in [-0.2, 0) is 0 Å². The number of hydrogen-bond donors (Lipinski definition) is 0. The van der Waals surface area contributed by atoms with Crippen molar-refractivity contribution in [2.24, 2.45) is 0 Å². The molecule has 2 heteroatoms. The van der Waals surface area contributed by atoms with Gasteiger partial charge >= 0.3 is 0 Å². The SMILES string of the molecule is Cc1ccccc1-c1ccnc(Cl)c1C. The first-order valence-corrected chi connectivity index (χ1v) is 5.25. The Hall–Kier alpha value is -1.34. The first kappa shape index (κ1) is 10.2. The van der Waals surface area contributed by atoms with E-state index in [9.17, 15) is 0 Å². The highest BCUT2D eigenvalue weighted by Crippen LogP contribution is 2.28. The van der Waals surface area contributed by atoms with Gasteiger partial charge in [-0.25, -0.2) is 4.98 Å². The van der Waals surface area contributed by atoms with Crippen molar-refractivity contribution in [2.75, 3.05) is 0 Å². The van der Waals surface area contributed by atoms with Crippen molar-refractivity contribution in [3.63, 3.8) is 0 Å². The molecule has 2 aromatic rings. The molecule has 0 aliphatic carbocycles. The molecular formula is C13H12ClN. The van der Waals surface area contributed by atoms with E-state index in [-0.39, 0.29) is 0 Å². The Balaban J connectivity index is 2.65. The fourth-order valence-electron chi connectivity index (χ4n) is 1.68. The average molecular weight is 218 g/mol. The van der Waals surface area contributed by atoms with Gasteiger partial charge in [-0.05, 0) is 42.2 Å². The van der Waals surface area contributed by atoms with Crippen LogP contribution < -0.4 is 0 Å². The lowest BCUT2D eigenvalue weighted by Gasteiger charge is -2.09. The van der Waals surface area contributed by atoms with Crippen LogP contribution in [0.2, 0.25) is 5.15 Å². The number of benzene rings is 1. The minimum absolute atomic E-state index is 0.579. The summed E-state index contributed by atoms with van der Waals surface area (Å²) in [6.07, 6.45) is 1.75. The zero-order valence-electron chi connectivity index (χ0n) is 8.79. The fraction of sp³-hybridized carbons (Fsp3) is 0.154. The third kappa shape index (κ3) is 1.88. The largest absolute Gasteiger partial charge is 0.244 e. The van der Waals surface area contributed by atoms with Crippen molar-refractivity contribution in [3.8, 4) is 11.1 Å². The summed E-state index contributed by atoms with van der Waals surface area (Å²) in [7, 11) is 0. The van der Waals surface area contributed by atoms with Gasteiger partial charge in [0.25, 0.3) is 0 Å². The lowest BCUT2D eigenvalue weighted by Crippen LogP contribution is -1.89. The van der Waals surface area contributed by atoms with E-state index in [4.69, 9.17) is 11.6 Å². The summed E-state index contributed by atoms with van der Waals surface area (Å²) in [5.74, 6) is 0. The molecular weight excluding hydrogens is 206 g/mol. The van der Waals surface area contributed by atoms with E-state index < -0.39 is 0 Å². The minimum Gasteiger partial charge on any atom is -0.244 e.